The van der Waals surface area contributed by atoms with Gasteiger partial charge in [-0.3, -0.25) is 43.3 Å². The second-order valence-electron chi connectivity index (χ2n) is 8.02. The van der Waals surface area contributed by atoms with Crippen LogP contribution >= 0.6 is 0 Å². The molecule has 1 aliphatic heterocycles. The molecule has 1 aliphatic carbocycles. The first-order valence-corrected chi connectivity index (χ1v) is 13.5. The second-order valence-corrected chi connectivity index (χ2v) is 11.2. The minimum atomic E-state index is -4.77. The molecule has 0 bridgehead atoms. The number of carbonyl (C=O) groups excluding carboxylic acids is 6. The number of amides is 3. The molecule has 0 aromatic carbocycles. The quantitative estimate of drug-likeness (QED) is 0.0838. The Morgan fingerprint density at radius 3 is 1.91 bits per heavy atom. The van der Waals surface area contributed by atoms with E-state index in [0.29, 0.717) is 32.1 Å². The fraction of sp³-hybridized carbons (Fsp3) is 0.667. The van der Waals surface area contributed by atoms with E-state index in [0.717, 1.165) is 0 Å². The molecule has 1 heterocycles. The fourth-order valence-corrected chi connectivity index (χ4v) is 5.01. The van der Waals surface area contributed by atoms with Gasteiger partial charge < -0.3 is 4.74 Å². The third kappa shape index (κ3) is 7.61. The second kappa shape index (κ2) is 11.3. The van der Waals surface area contributed by atoms with Gasteiger partial charge in [0.15, 0.2) is 16.3 Å². The summed E-state index contributed by atoms with van der Waals surface area (Å²) in [5.41, 5.74) is 2.00. The highest BCUT2D eigenvalue weighted by atomic mass is 32.2. The fourth-order valence-electron chi connectivity index (χ4n) is 3.50. The SMILES string of the molecule is O=C(CCCCCCCC(=O)OC1C(=O)CC(S(=O)(=O)O)C1=O)NN1C(=O)CC(S(=O)(=O)O)C1=O. The number of hydrogen-bond acceptors (Lipinski definition) is 11. The van der Waals surface area contributed by atoms with Crippen molar-refractivity contribution in [2.24, 2.45) is 0 Å². The van der Waals surface area contributed by atoms with Crippen LogP contribution in [0.3, 0.4) is 0 Å². The number of rotatable bonds is 12. The first kappa shape index (κ1) is 28.5. The Hall–Kier alpha value is -2.76. The Kier molecular flexibility index (Phi) is 9.21. The maximum atomic E-state index is 11.9. The van der Waals surface area contributed by atoms with Crippen molar-refractivity contribution < 1.29 is 59.4 Å². The van der Waals surface area contributed by atoms with Gasteiger partial charge >= 0.3 is 5.97 Å². The minimum Gasteiger partial charge on any atom is -0.446 e. The van der Waals surface area contributed by atoms with Gasteiger partial charge in [0.2, 0.25) is 23.7 Å². The van der Waals surface area contributed by atoms with Crippen LogP contribution in [-0.4, -0.2) is 82.8 Å². The van der Waals surface area contributed by atoms with Crippen molar-refractivity contribution in [3.8, 4) is 0 Å². The summed E-state index contributed by atoms with van der Waals surface area (Å²) < 4.78 is 66.9. The topological polar surface area (TPSA) is 236 Å². The third-order valence-electron chi connectivity index (χ3n) is 5.35. The lowest BCUT2D eigenvalue weighted by Crippen LogP contribution is -2.47. The number of hydrazine groups is 1. The molecule has 196 valence electrons. The molecule has 2 aliphatic rings. The Morgan fingerprint density at radius 2 is 1.40 bits per heavy atom. The highest BCUT2D eigenvalue weighted by molar-refractivity contribution is 7.87. The zero-order valence-electron chi connectivity index (χ0n) is 18.2. The summed E-state index contributed by atoms with van der Waals surface area (Å²) in [7, 11) is -9.54. The predicted octanol–water partition coefficient (Wildman–Crippen LogP) is -1.53. The molecule has 1 saturated heterocycles. The van der Waals surface area contributed by atoms with Crippen molar-refractivity contribution in [3.05, 3.63) is 0 Å². The number of hydrogen-bond donors (Lipinski definition) is 3. The molecule has 3 atom stereocenters. The van der Waals surface area contributed by atoms with Crippen molar-refractivity contribution in [2.45, 2.75) is 74.4 Å². The summed E-state index contributed by atoms with van der Waals surface area (Å²) >= 11 is 0. The summed E-state index contributed by atoms with van der Waals surface area (Å²) in [4.78, 5) is 70.8. The van der Waals surface area contributed by atoms with E-state index in [1.165, 1.54) is 0 Å². The van der Waals surface area contributed by atoms with Gasteiger partial charge in [0.1, 0.15) is 0 Å². The number of carbonyl (C=O) groups is 6. The lowest BCUT2D eigenvalue weighted by molar-refractivity contribution is -0.157. The van der Waals surface area contributed by atoms with Crippen molar-refractivity contribution >= 4 is 55.5 Å². The first-order valence-electron chi connectivity index (χ1n) is 10.5. The Labute approximate surface area is 200 Å². The molecule has 0 radical (unpaired) electrons. The average molecular weight is 541 g/mol. The van der Waals surface area contributed by atoms with Gasteiger partial charge in [0, 0.05) is 19.3 Å². The molecule has 0 aromatic rings. The summed E-state index contributed by atoms with van der Waals surface area (Å²) in [5, 5.41) is -3.61. The van der Waals surface area contributed by atoms with E-state index >= 15 is 0 Å². The molecule has 3 amide bonds. The van der Waals surface area contributed by atoms with Crippen molar-refractivity contribution in [1.29, 1.82) is 0 Å². The number of ether oxygens (including phenoxy) is 1. The van der Waals surface area contributed by atoms with Crippen LogP contribution in [0, 0.1) is 0 Å². The molecular weight excluding hydrogens is 516 g/mol. The summed E-state index contributed by atoms with van der Waals surface area (Å²) in [6.07, 6.45) is -1.36. The lowest BCUT2D eigenvalue weighted by atomic mass is 10.1. The van der Waals surface area contributed by atoms with Crippen LogP contribution in [0.5, 0.6) is 0 Å². The van der Waals surface area contributed by atoms with Crippen LogP contribution in [0.4, 0.5) is 0 Å². The molecule has 3 unspecified atom stereocenters. The molecule has 2 rings (SSSR count). The van der Waals surface area contributed by atoms with E-state index < -0.39 is 84.9 Å². The molecule has 35 heavy (non-hydrogen) atoms. The zero-order chi connectivity index (χ0) is 26.6. The van der Waals surface area contributed by atoms with Gasteiger partial charge in [-0.2, -0.15) is 21.8 Å². The van der Waals surface area contributed by atoms with Gasteiger partial charge in [-0.25, -0.2) is 0 Å². The van der Waals surface area contributed by atoms with E-state index in [2.05, 4.69) is 0 Å². The number of nitrogens with one attached hydrogen (secondary N) is 1. The Morgan fingerprint density at radius 1 is 0.857 bits per heavy atom. The maximum Gasteiger partial charge on any atom is 0.306 e. The van der Waals surface area contributed by atoms with Gasteiger partial charge in [-0.1, -0.05) is 19.3 Å². The standard InChI is InChI=1S/C18H24N2O13S2/c21-10-8-11(34(27,28)29)16(25)17(10)33-15(24)7-5-3-1-2-4-6-13(22)19-20-14(23)9-12(18(20)26)35(30,31)32/h11-12,17H,1-9H2,(H,19,22)(H,27,28,29)(H,30,31,32). The summed E-state index contributed by atoms with van der Waals surface area (Å²) in [5.74, 6) is -5.89. The van der Waals surface area contributed by atoms with Crippen LogP contribution in [-0.2, 0) is 53.7 Å². The van der Waals surface area contributed by atoms with Crippen LogP contribution < -0.4 is 5.43 Å². The van der Waals surface area contributed by atoms with E-state index in [9.17, 15) is 45.6 Å². The zero-order valence-corrected chi connectivity index (χ0v) is 19.9. The van der Waals surface area contributed by atoms with Crippen molar-refractivity contribution in [1.82, 2.24) is 10.4 Å². The van der Waals surface area contributed by atoms with Gasteiger partial charge in [-0.05, 0) is 12.8 Å². The monoisotopic (exact) mass is 540 g/mol. The van der Waals surface area contributed by atoms with Gasteiger partial charge in [-0.15, -0.1) is 0 Å². The molecule has 3 N–H and O–H groups in total. The van der Waals surface area contributed by atoms with Crippen LogP contribution in [0.1, 0.15) is 57.8 Å². The Balaban J connectivity index is 1.61. The summed E-state index contributed by atoms with van der Waals surface area (Å²) in [6, 6.07) is 0. The highest BCUT2D eigenvalue weighted by Gasteiger charge is 2.50. The number of ketones is 2. The normalized spacial score (nSPS) is 23.1. The number of nitrogens with zero attached hydrogens (tertiary/aromatic N) is 1. The van der Waals surface area contributed by atoms with Crippen LogP contribution in [0.25, 0.3) is 0 Å². The third-order valence-corrected chi connectivity index (χ3v) is 7.56. The van der Waals surface area contributed by atoms with E-state index in [-0.39, 0.29) is 17.9 Å². The summed E-state index contributed by atoms with van der Waals surface area (Å²) in [6.45, 7) is 0. The molecular formula is C18H24N2O13S2. The molecule has 1 saturated carbocycles. The first-order chi connectivity index (χ1) is 16.1. The lowest BCUT2D eigenvalue weighted by Gasteiger charge is -2.15. The minimum absolute atomic E-state index is 0.0868. The van der Waals surface area contributed by atoms with Crippen LogP contribution in [0.2, 0.25) is 0 Å². The van der Waals surface area contributed by atoms with Crippen molar-refractivity contribution in [3.63, 3.8) is 0 Å². The molecule has 17 heteroatoms. The van der Waals surface area contributed by atoms with E-state index in [1.807, 2.05) is 5.43 Å². The molecule has 0 spiro atoms. The van der Waals surface area contributed by atoms with Gasteiger partial charge in [0.05, 0.1) is 6.42 Å². The maximum absolute atomic E-state index is 11.9. The average Bonchev–Trinajstić information content (AvgIpc) is 3.18. The van der Waals surface area contributed by atoms with E-state index in [1.54, 1.807) is 0 Å². The molecule has 15 nitrogen and oxygen atoms in total. The van der Waals surface area contributed by atoms with Crippen LogP contribution in [0.15, 0.2) is 0 Å². The highest BCUT2D eigenvalue weighted by Crippen LogP contribution is 2.22. The molecule has 2 fully saturated rings. The number of unbranched alkanes of at least 4 members (excludes halogenated alkanes) is 4. The smallest absolute Gasteiger partial charge is 0.306 e. The predicted molar refractivity (Wildman–Crippen MR) is 112 cm³/mol. The van der Waals surface area contributed by atoms with Gasteiger partial charge in [0.25, 0.3) is 26.1 Å². The largest absolute Gasteiger partial charge is 0.446 e. The Bertz CT molecular complexity index is 1040. The number of esters is 1. The number of imide groups is 1. The molecule has 0 aromatic heterocycles. The van der Waals surface area contributed by atoms with E-state index in [4.69, 9.17) is 13.8 Å². The van der Waals surface area contributed by atoms with Crippen molar-refractivity contribution in [2.75, 3.05) is 0 Å². The number of Topliss-reactive ketones (excluding diaryl/α,β-unsaturated/α-hetero) is 2.